The van der Waals surface area contributed by atoms with Gasteiger partial charge in [-0.15, -0.1) is 0 Å². The predicted molar refractivity (Wildman–Crippen MR) is 92.6 cm³/mol. The lowest BCUT2D eigenvalue weighted by Gasteiger charge is -2.17. The molecule has 0 radical (unpaired) electrons. The minimum Gasteiger partial charge on any atom is -0.386 e. The molecule has 0 saturated carbocycles. The third-order valence-corrected chi connectivity index (χ3v) is 5.72. The first kappa shape index (κ1) is 18.0. The van der Waals surface area contributed by atoms with Gasteiger partial charge in [0, 0.05) is 23.2 Å². The number of hydrogen-bond donors (Lipinski definition) is 3. The highest BCUT2D eigenvalue weighted by atomic mass is 35.5. The van der Waals surface area contributed by atoms with Crippen molar-refractivity contribution in [3.8, 4) is 0 Å². The zero-order valence-electron chi connectivity index (χ0n) is 13.0. The number of aliphatic imine (C=N–C) groups is 1. The van der Waals surface area contributed by atoms with E-state index in [9.17, 15) is 13.5 Å². The molecule has 1 aromatic carbocycles. The lowest BCUT2D eigenvalue weighted by molar-refractivity contribution is 0.187. The van der Waals surface area contributed by atoms with Crippen molar-refractivity contribution in [2.45, 2.75) is 25.5 Å². The SMILES string of the molecule is CCNC(=NCC(O)c1ccccc1Cl)NC1CCS(=O)(=O)C1. The van der Waals surface area contributed by atoms with E-state index in [1.807, 2.05) is 6.92 Å². The second-order valence-corrected chi connectivity index (χ2v) is 8.14. The summed E-state index contributed by atoms with van der Waals surface area (Å²) in [5.74, 6) is 0.817. The van der Waals surface area contributed by atoms with Crippen LogP contribution in [0.15, 0.2) is 29.3 Å². The number of benzene rings is 1. The van der Waals surface area contributed by atoms with Crippen LogP contribution in [0.2, 0.25) is 5.02 Å². The van der Waals surface area contributed by atoms with Crippen molar-refractivity contribution in [2.75, 3.05) is 24.6 Å². The number of rotatable bonds is 5. The summed E-state index contributed by atoms with van der Waals surface area (Å²) in [5, 5.41) is 16.9. The van der Waals surface area contributed by atoms with Crippen molar-refractivity contribution < 1.29 is 13.5 Å². The molecule has 0 amide bonds. The molecule has 8 heteroatoms. The summed E-state index contributed by atoms with van der Waals surface area (Å²) >= 11 is 6.06. The molecule has 0 aliphatic carbocycles. The number of guanidine groups is 1. The Balaban J connectivity index is 2.00. The standard InChI is InChI=1S/C15H22ClN3O3S/c1-2-17-15(19-11-7-8-23(21,22)10-11)18-9-14(20)12-5-3-4-6-13(12)16/h3-6,11,14,20H,2,7-10H2,1H3,(H2,17,18,19). The Bertz CT molecular complexity index is 664. The monoisotopic (exact) mass is 359 g/mol. The minimum atomic E-state index is -2.95. The van der Waals surface area contributed by atoms with Crippen LogP contribution in [0.4, 0.5) is 0 Å². The third-order valence-electron chi connectivity index (χ3n) is 3.60. The Labute approximate surface area is 141 Å². The number of sulfone groups is 1. The summed E-state index contributed by atoms with van der Waals surface area (Å²) in [6.45, 7) is 2.71. The molecule has 1 aliphatic rings. The minimum absolute atomic E-state index is 0.116. The Kier molecular flexibility index (Phi) is 6.26. The normalized spacial score (nSPS) is 21.9. The maximum atomic E-state index is 11.5. The number of halogens is 1. The van der Waals surface area contributed by atoms with E-state index >= 15 is 0 Å². The second kappa shape index (κ2) is 7.99. The molecular weight excluding hydrogens is 338 g/mol. The third kappa shape index (κ3) is 5.37. The van der Waals surface area contributed by atoms with Crippen molar-refractivity contribution >= 4 is 27.4 Å². The van der Waals surface area contributed by atoms with Gasteiger partial charge in [0.25, 0.3) is 0 Å². The van der Waals surface area contributed by atoms with Gasteiger partial charge < -0.3 is 15.7 Å². The topological polar surface area (TPSA) is 90.8 Å². The molecule has 0 aromatic heterocycles. The second-order valence-electron chi connectivity index (χ2n) is 5.50. The molecule has 1 aliphatic heterocycles. The molecule has 3 N–H and O–H groups in total. The van der Waals surface area contributed by atoms with Crippen molar-refractivity contribution in [2.24, 2.45) is 4.99 Å². The van der Waals surface area contributed by atoms with Crippen molar-refractivity contribution in [3.63, 3.8) is 0 Å². The molecule has 6 nitrogen and oxygen atoms in total. The summed E-state index contributed by atoms with van der Waals surface area (Å²) in [6, 6.07) is 6.94. The molecule has 1 aromatic rings. The number of nitrogens with zero attached hydrogens (tertiary/aromatic N) is 1. The highest BCUT2D eigenvalue weighted by Crippen LogP contribution is 2.22. The molecule has 2 unspecified atom stereocenters. The molecule has 0 spiro atoms. The van der Waals surface area contributed by atoms with Gasteiger partial charge >= 0.3 is 0 Å². The van der Waals surface area contributed by atoms with Crippen LogP contribution in [0.1, 0.15) is 25.0 Å². The van der Waals surface area contributed by atoms with Gasteiger partial charge in [-0.25, -0.2) is 8.42 Å². The van der Waals surface area contributed by atoms with E-state index in [2.05, 4.69) is 15.6 Å². The summed E-state index contributed by atoms with van der Waals surface area (Å²) in [5.41, 5.74) is 0.622. The fraction of sp³-hybridized carbons (Fsp3) is 0.533. The van der Waals surface area contributed by atoms with Crippen LogP contribution < -0.4 is 10.6 Å². The van der Waals surface area contributed by atoms with Crippen molar-refractivity contribution in [3.05, 3.63) is 34.9 Å². The van der Waals surface area contributed by atoms with Crippen LogP contribution in [-0.2, 0) is 9.84 Å². The highest BCUT2D eigenvalue weighted by molar-refractivity contribution is 7.91. The average Bonchev–Trinajstić information content (AvgIpc) is 2.84. The van der Waals surface area contributed by atoms with E-state index in [0.29, 0.717) is 29.5 Å². The predicted octanol–water partition coefficient (Wildman–Crippen LogP) is 1.12. The van der Waals surface area contributed by atoms with E-state index in [-0.39, 0.29) is 24.1 Å². The fourth-order valence-electron chi connectivity index (χ4n) is 2.44. The first-order valence-corrected chi connectivity index (χ1v) is 9.79. The average molecular weight is 360 g/mol. The first-order valence-electron chi connectivity index (χ1n) is 7.59. The van der Waals surface area contributed by atoms with E-state index in [1.165, 1.54) is 0 Å². The number of aliphatic hydroxyl groups is 1. The van der Waals surface area contributed by atoms with Gasteiger partial charge in [0.1, 0.15) is 6.10 Å². The molecule has 1 heterocycles. The van der Waals surface area contributed by atoms with Gasteiger partial charge in [-0.1, -0.05) is 29.8 Å². The van der Waals surface area contributed by atoms with Gasteiger partial charge in [0.15, 0.2) is 15.8 Å². The van der Waals surface area contributed by atoms with Crippen LogP contribution in [0.25, 0.3) is 0 Å². The summed E-state index contributed by atoms with van der Waals surface area (Å²) in [4.78, 5) is 4.33. The Morgan fingerprint density at radius 1 is 1.48 bits per heavy atom. The highest BCUT2D eigenvalue weighted by Gasteiger charge is 2.28. The molecular formula is C15H22ClN3O3S. The molecule has 23 heavy (non-hydrogen) atoms. The lowest BCUT2D eigenvalue weighted by atomic mass is 10.1. The molecule has 128 valence electrons. The maximum absolute atomic E-state index is 11.5. The summed E-state index contributed by atoms with van der Waals surface area (Å²) in [6.07, 6.45) is -0.244. The largest absolute Gasteiger partial charge is 0.386 e. The Morgan fingerprint density at radius 3 is 2.83 bits per heavy atom. The first-order chi connectivity index (χ1) is 10.9. The molecule has 0 bridgehead atoms. The molecule has 1 fully saturated rings. The number of hydrogen-bond acceptors (Lipinski definition) is 4. The van der Waals surface area contributed by atoms with Gasteiger partial charge in [-0.05, 0) is 19.4 Å². The van der Waals surface area contributed by atoms with Crippen LogP contribution in [0, 0.1) is 0 Å². The zero-order chi connectivity index (χ0) is 16.9. The Morgan fingerprint density at radius 2 is 2.22 bits per heavy atom. The van der Waals surface area contributed by atoms with Crippen molar-refractivity contribution in [1.82, 2.24) is 10.6 Å². The Hall–Kier alpha value is -1.31. The van der Waals surface area contributed by atoms with Crippen molar-refractivity contribution in [1.29, 1.82) is 0 Å². The van der Waals surface area contributed by atoms with Crippen LogP contribution in [0.5, 0.6) is 0 Å². The van der Waals surface area contributed by atoms with Gasteiger partial charge in [-0.3, -0.25) is 4.99 Å². The summed E-state index contributed by atoms with van der Waals surface area (Å²) < 4.78 is 23.0. The smallest absolute Gasteiger partial charge is 0.191 e. The summed E-state index contributed by atoms with van der Waals surface area (Å²) in [7, 11) is -2.95. The van der Waals surface area contributed by atoms with E-state index in [4.69, 9.17) is 11.6 Å². The van der Waals surface area contributed by atoms with Crippen LogP contribution in [-0.4, -0.2) is 50.1 Å². The lowest BCUT2D eigenvalue weighted by Crippen LogP contribution is -2.44. The van der Waals surface area contributed by atoms with Gasteiger partial charge in [0.2, 0.25) is 0 Å². The van der Waals surface area contributed by atoms with E-state index in [0.717, 1.165) is 0 Å². The van der Waals surface area contributed by atoms with Crippen LogP contribution >= 0.6 is 11.6 Å². The maximum Gasteiger partial charge on any atom is 0.191 e. The molecule has 1 saturated heterocycles. The number of nitrogens with one attached hydrogen (secondary N) is 2. The quantitative estimate of drug-likeness (QED) is 0.541. The zero-order valence-corrected chi connectivity index (χ0v) is 14.6. The van der Waals surface area contributed by atoms with Gasteiger partial charge in [0.05, 0.1) is 18.1 Å². The molecule has 2 rings (SSSR count). The van der Waals surface area contributed by atoms with Gasteiger partial charge in [-0.2, -0.15) is 0 Å². The van der Waals surface area contributed by atoms with E-state index in [1.54, 1.807) is 24.3 Å². The fourth-order valence-corrected chi connectivity index (χ4v) is 4.38. The number of aliphatic hydroxyl groups excluding tert-OH is 1. The molecule has 2 atom stereocenters. The van der Waals surface area contributed by atoms with Crippen LogP contribution in [0.3, 0.4) is 0 Å². The van der Waals surface area contributed by atoms with E-state index < -0.39 is 15.9 Å².